The van der Waals surface area contributed by atoms with Gasteiger partial charge in [-0.3, -0.25) is 4.98 Å². The largest absolute Gasteiger partial charge is 0.450 e. The van der Waals surface area contributed by atoms with Crippen molar-refractivity contribution < 1.29 is 9.53 Å². The summed E-state index contributed by atoms with van der Waals surface area (Å²) in [7, 11) is 0. The minimum atomic E-state index is -0.251. The van der Waals surface area contributed by atoms with Crippen LogP contribution in [0, 0.1) is 6.92 Å². The maximum atomic E-state index is 11.9. The van der Waals surface area contributed by atoms with E-state index >= 15 is 0 Å². The highest BCUT2D eigenvalue weighted by atomic mass is 16.6. The second-order valence-electron chi connectivity index (χ2n) is 6.25. The number of carbonyl (C=O) groups excluding carboxylic acids is 1. The smallest absolute Gasteiger partial charge is 0.409 e. The molecule has 0 aromatic carbocycles. The lowest BCUT2D eigenvalue weighted by Crippen LogP contribution is -2.49. The Hall–Kier alpha value is -2.96. The van der Waals surface area contributed by atoms with E-state index in [2.05, 4.69) is 19.9 Å². The molecule has 7 heteroatoms. The number of aryl methyl sites for hydroxylation is 1. The molecule has 142 valence electrons. The van der Waals surface area contributed by atoms with E-state index in [9.17, 15) is 4.79 Å². The average Bonchev–Trinajstić information content (AvgIpc) is 2.71. The highest BCUT2D eigenvalue weighted by molar-refractivity contribution is 5.84. The van der Waals surface area contributed by atoms with Gasteiger partial charge in [0.05, 0.1) is 18.0 Å². The first-order valence-corrected chi connectivity index (χ1v) is 9.22. The molecule has 0 unspecified atom stereocenters. The summed E-state index contributed by atoms with van der Waals surface area (Å²) in [6, 6.07) is 5.87. The monoisotopic (exact) mass is 367 g/mol. The molecule has 3 heterocycles. The number of allylic oxidation sites excluding steroid dienone is 1. The van der Waals surface area contributed by atoms with Gasteiger partial charge in [0, 0.05) is 43.5 Å². The van der Waals surface area contributed by atoms with Crippen LogP contribution in [0.25, 0.3) is 5.57 Å². The van der Waals surface area contributed by atoms with Crippen LogP contribution < -0.4 is 4.90 Å². The first-order chi connectivity index (χ1) is 13.2. The van der Waals surface area contributed by atoms with Crippen molar-refractivity contribution in [1.82, 2.24) is 19.9 Å². The van der Waals surface area contributed by atoms with Gasteiger partial charge in [0.15, 0.2) is 0 Å². The molecule has 0 atom stereocenters. The predicted molar refractivity (Wildman–Crippen MR) is 105 cm³/mol. The molecule has 1 aliphatic heterocycles. The number of piperazine rings is 1. The Labute approximate surface area is 159 Å². The SMILES string of the molecule is C/C=C(/c1ccccn1)c1c(C)ncnc1N1CCN(C(=O)OCC)CC1. The Morgan fingerprint density at radius 3 is 2.59 bits per heavy atom. The lowest BCUT2D eigenvalue weighted by molar-refractivity contribution is 0.105. The summed E-state index contributed by atoms with van der Waals surface area (Å²) in [4.78, 5) is 29.4. The summed E-state index contributed by atoms with van der Waals surface area (Å²) in [6.07, 6.45) is 5.18. The summed E-state index contributed by atoms with van der Waals surface area (Å²) >= 11 is 0. The number of aromatic nitrogens is 3. The summed E-state index contributed by atoms with van der Waals surface area (Å²) in [5, 5.41) is 0. The highest BCUT2D eigenvalue weighted by Gasteiger charge is 2.26. The van der Waals surface area contributed by atoms with Gasteiger partial charge in [-0.05, 0) is 32.9 Å². The van der Waals surface area contributed by atoms with Crippen molar-refractivity contribution in [3.8, 4) is 0 Å². The van der Waals surface area contributed by atoms with Gasteiger partial charge >= 0.3 is 6.09 Å². The summed E-state index contributed by atoms with van der Waals surface area (Å²) in [6.45, 7) is 8.80. The number of hydrogen-bond acceptors (Lipinski definition) is 6. The van der Waals surface area contributed by atoms with Crippen LogP contribution in [-0.2, 0) is 4.74 Å². The first-order valence-electron chi connectivity index (χ1n) is 9.22. The van der Waals surface area contributed by atoms with Crippen LogP contribution in [0.2, 0.25) is 0 Å². The predicted octanol–water partition coefficient (Wildman–Crippen LogP) is 2.91. The highest BCUT2D eigenvalue weighted by Crippen LogP contribution is 2.31. The van der Waals surface area contributed by atoms with Crippen LogP contribution in [0.1, 0.15) is 30.8 Å². The van der Waals surface area contributed by atoms with Gasteiger partial charge in [0.1, 0.15) is 12.1 Å². The molecule has 1 amide bonds. The van der Waals surface area contributed by atoms with E-state index in [0.717, 1.165) is 28.3 Å². The van der Waals surface area contributed by atoms with Crippen LogP contribution >= 0.6 is 0 Å². The third kappa shape index (κ3) is 4.07. The minimum absolute atomic E-state index is 0.251. The topological polar surface area (TPSA) is 71.5 Å². The van der Waals surface area contributed by atoms with Gasteiger partial charge in [-0.25, -0.2) is 14.8 Å². The van der Waals surface area contributed by atoms with Crippen molar-refractivity contribution in [3.63, 3.8) is 0 Å². The Morgan fingerprint density at radius 1 is 1.19 bits per heavy atom. The van der Waals surface area contributed by atoms with Crippen molar-refractivity contribution in [2.75, 3.05) is 37.7 Å². The number of amides is 1. The molecular formula is C20H25N5O2. The fourth-order valence-electron chi connectivity index (χ4n) is 3.27. The number of anilines is 1. The van der Waals surface area contributed by atoms with E-state index in [1.807, 2.05) is 45.0 Å². The molecule has 2 aromatic rings. The quantitative estimate of drug-likeness (QED) is 0.827. The molecule has 1 saturated heterocycles. The Morgan fingerprint density at radius 2 is 1.96 bits per heavy atom. The molecular weight excluding hydrogens is 342 g/mol. The number of nitrogens with zero attached hydrogens (tertiary/aromatic N) is 5. The van der Waals surface area contributed by atoms with E-state index in [0.29, 0.717) is 32.8 Å². The van der Waals surface area contributed by atoms with Crippen molar-refractivity contribution in [2.24, 2.45) is 0 Å². The van der Waals surface area contributed by atoms with Crippen molar-refractivity contribution in [2.45, 2.75) is 20.8 Å². The van der Waals surface area contributed by atoms with Gasteiger partial charge in [0.2, 0.25) is 0 Å². The molecule has 3 rings (SSSR count). The Balaban J connectivity index is 1.88. The number of carbonyl (C=O) groups is 1. The summed E-state index contributed by atoms with van der Waals surface area (Å²) in [5.74, 6) is 0.879. The molecule has 0 radical (unpaired) electrons. The third-order valence-electron chi connectivity index (χ3n) is 4.62. The lowest BCUT2D eigenvalue weighted by atomic mass is 10.00. The minimum Gasteiger partial charge on any atom is -0.450 e. The number of ether oxygens (including phenoxy) is 1. The molecule has 27 heavy (non-hydrogen) atoms. The van der Waals surface area contributed by atoms with Crippen LogP contribution in [0.3, 0.4) is 0 Å². The van der Waals surface area contributed by atoms with Crippen molar-refractivity contribution in [3.05, 3.63) is 53.8 Å². The maximum absolute atomic E-state index is 11.9. The van der Waals surface area contributed by atoms with Gasteiger partial charge in [-0.1, -0.05) is 12.1 Å². The summed E-state index contributed by atoms with van der Waals surface area (Å²) < 4.78 is 5.10. The van der Waals surface area contributed by atoms with Crippen molar-refractivity contribution >= 4 is 17.5 Å². The Bertz CT molecular complexity index is 814. The number of pyridine rings is 1. The first kappa shape index (κ1) is 18.8. The van der Waals surface area contributed by atoms with E-state index in [-0.39, 0.29) is 6.09 Å². The second kappa shape index (κ2) is 8.62. The molecule has 2 aromatic heterocycles. The number of rotatable bonds is 4. The fraction of sp³-hybridized carbons (Fsp3) is 0.400. The Kier molecular flexibility index (Phi) is 6.01. The molecule has 0 aliphatic carbocycles. The second-order valence-corrected chi connectivity index (χ2v) is 6.25. The maximum Gasteiger partial charge on any atom is 0.409 e. The van der Waals surface area contributed by atoms with E-state index < -0.39 is 0 Å². The third-order valence-corrected chi connectivity index (χ3v) is 4.62. The van der Waals surface area contributed by atoms with Crippen LogP contribution in [0.5, 0.6) is 0 Å². The normalized spacial score (nSPS) is 15.0. The molecule has 0 bridgehead atoms. The van der Waals surface area contributed by atoms with Gasteiger partial charge < -0.3 is 14.5 Å². The molecule has 7 nitrogen and oxygen atoms in total. The summed E-state index contributed by atoms with van der Waals surface area (Å²) in [5.41, 5.74) is 3.80. The zero-order valence-corrected chi connectivity index (χ0v) is 16.1. The zero-order valence-electron chi connectivity index (χ0n) is 16.1. The van der Waals surface area contributed by atoms with E-state index in [1.54, 1.807) is 17.4 Å². The zero-order chi connectivity index (χ0) is 19.2. The molecule has 1 fully saturated rings. The van der Waals surface area contributed by atoms with E-state index in [1.165, 1.54) is 0 Å². The lowest BCUT2D eigenvalue weighted by Gasteiger charge is -2.35. The van der Waals surface area contributed by atoms with Gasteiger partial charge in [-0.15, -0.1) is 0 Å². The molecule has 0 spiro atoms. The van der Waals surface area contributed by atoms with Gasteiger partial charge in [0.25, 0.3) is 0 Å². The molecule has 1 aliphatic rings. The standard InChI is InChI=1S/C20H25N5O2/c1-4-16(17-8-6-7-9-21-17)18-15(3)22-14-23-19(18)24-10-12-25(13-11-24)20(26)27-5-2/h4,6-9,14H,5,10-13H2,1-3H3/b16-4-. The van der Waals surface area contributed by atoms with Crippen molar-refractivity contribution in [1.29, 1.82) is 0 Å². The van der Waals surface area contributed by atoms with Crippen LogP contribution in [-0.4, -0.2) is 58.7 Å². The average molecular weight is 367 g/mol. The van der Waals surface area contributed by atoms with Crippen LogP contribution in [0.15, 0.2) is 36.8 Å². The van der Waals surface area contributed by atoms with Crippen LogP contribution in [0.4, 0.5) is 10.6 Å². The van der Waals surface area contributed by atoms with Gasteiger partial charge in [-0.2, -0.15) is 0 Å². The van der Waals surface area contributed by atoms with E-state index in [4.69, 9.17) is 4.74 Å². The number of hydrogen-bond donors (Lipinski definition) is 0. The fourth-order valence-corrected chi connectivity index (χ4v) is 3.27. The molecule has 0 N–H and O–H groups in total. The molecule has 0 saturated carbocycles.